The predicted molar refractivity (Wildman–Crippen MR) is 217 cm³/mol. The molecule has 15 nitrogen and oxygen atoms in total. The minimum absolute atomic E-state index is 0.167. The fourth-order valence-corrected chi connectivity index (χ4v) is 8.28. The van der Waals surface area contributed by atoms with Crippen LogP contribution < -0.4 is 10.6 Å². The number of hydrogen-bond acceptors (Lipinski definition) is 10. The zero-order chi connectivity index (χ0) is 41.7. The topological polar surface area (TPSA) is 184 Å². The van der Waals surface area contributed by atoms with Gasteiger partial charge in [-0.15, -0.1) is 0 Å². The molecule has 2 saturated heterocycles. The Kier molecular flexibility index (Phi) is 13.4. The second kappa shape index (κ2) is 18.4. The van der Waals surface area contributed by atoms with Gasteiger partial charge < -0.3 is 44.6 Å². The molecule has 4 aromatic rings. The average Bonchev–Trinajstić information content (AvgIpc) is 4.07. The van der Waals surface area contributed by atoms with Gasteiger partial charge in [0.25, 0.3) is 0 Å². The average molecular weight is 819 g/mol. The van der Waals surface area contributed by atoms with Crippen molar-refractivity contribution in [1.29, 1.82) is 0 Å². The number of halogens is 1. The quantitative estimate of drug-likeness (QED) is 0.123. The van der Waals surface area contributed by atoms with Crippen molar-refractivity contribution in [2.24, 2.45) is 5.92 Å². The van der Waals surface area contributed by atoms with Crippen LogP contribution in [-0.4, -0.2) is 118 Å². The Morgan fingerprint density at radius 3 is 1.97 bits per heavy atom. The third kappa shape index (κ3) is 8.99. The summed E-state index contributed by atoms with van der Waals surface area (Å²) in [4.78, 5) is 70.9. The first kappa shape index (κ1) is 42.2. The van der Waals surface area contributed by atoms with Crippen molar-refractivity contribution in [1.82, 2.24) is 40.4 Å². The second-order valence-corrected chi connectivity index (χ2v) is 16.0. The first-order chi connectivity index (χ1) is 27.9. The number of ether oxygens (including phenoxy) is 3. The summed E-state index contributed by atoms with van der Waals surface area (Å²) in [7, 11) is 3.98. The zero-order valence-electron chi connectivity index (χ0n) is 33.7. The minimum Gasteiger partial charge on any atom is -0.453 e. The molecule has 0 aliphatic carbocycles. The second-order valence-electron chi connectivity index (χ2n) is 14.8. The van der Waals surface area contributed by atoms with E-state index >= 15 is 4.39 Å². The molecule has 2 aliphatic rings. The first-order valence-electron chi connectivity index (χ1n) is 19.2. The molecule has 4 amide bonds. The number of carbonyl (C=O) groups is 4. The fraction of sp³-hybridized carbons (Fsp3) is 0.463. The third-order valence-electron chi connectivity index (χ3n) is 11.0. The number of hydrogen-bond donors (Lipinski definition) is 4. The van der Waals surface area contributed by atoms with Gasteiger partial charge >= 0.3 is 12.2 Å². The number of amides is 4. The van der Waals surface area contributed by atoms with E-state index in [0.29, 0.717) is 60.0 Å². The van der Waals surface area contributed by atoms with E-state index in [0.717, 1.165) is 17.7 Å². The smallest absolute Gasteiger partial charge is 0.407 e. The molecule has 2 fully saturated rings. The molecule has 17 heteroatoms. The van der Waals surface area contributed by atoms with Gasteiger partial charge in [0.05, 0.1) is 56.2 Å². The summed E-state index contributed by atoms with van der Waals surface area (Å²) in [5.41, 5.74) is 3.91. The highest BCUT2D eigenvalue weighted by Gasteiger charge is 2.42. The molecule has 0 spiro atoms. The van der Waals surface area contributed by atoms with Crippen molar-refractivity contribution in [3.05, 3.63) is 72.3 Å². The number of alkyl carbamates (subject to hydrolysis) is 2. The summed E-state index contributed by atoms with van der Waals surface area (Å²) >= 11 is 1.67. The summed E-state index contributed by atoms with van der Waals surface area (Å²) in [5, 5.41) is 5.46. The van der Waals surface area contributed by atoms with Gasteiger partial charge in [-0.05, 0) is 55.6 Å². The number of aromatic nitrogens is 4. The van der Waals surface area contributed by atoms with Gasteiger partial charge in [0.2, 0.25) is 11.8 Å². The Morgan fingerprint density at radius 1 is 0.810 bits per heavy atom. The van der Waals surface area contributed by atoms with Crippen molar-refractivity contribution >= 4 is 35.8 Å². The van der Waals surface area contributed by atoms with E-state index in [2.05, 4.69) is 30.6 Å². The zero-order valence-corrected chi connectivity index (χ0v) is 34.5. The normalized spacial score (nSPS) is 19.5. The molecule has 4 heterocycles. The van der Waals surface area contributed by atoms with E-state index in [1.54, 1.807) is 46.9 Å². The van der Waals surface area contributed by atoms with Gasteiger partial charge in [0, 0.05) is 36.6 Å². The van der Waals surface area contributed by atoms with Gasteiger partial charge in [-0.1, -0.05) is 50.2 Å². The predicted octanol–water partition coefficient (Wildman–Crippen LogP) is 6.08. The lowest BCUT2D eigenvalue weighted by atomic mass is 10.0. The Labute approximate surface area is 341 Å². The molecule has 58 heavy (non-hydrogen) atoms. The van der Waals surface area contributed by atoms with E-state index in [1.807, 2.05) is 50.4 Å². The van der Waals surface area contributed by atoms with Gasteiger partial charge in [-0.2, -0.15) is 11.8 Å². The highest BCUT2D eigenvalue weighted by atomic mass is 32.2. The number of methoxy groups -OCH3 is 3. The summed E-state index contributed by atoms with van der Waals surface area (Å²) in [6.07, 6.45) is 5.55. The molecule has 310 valence electrons. The number of rotatable bonds is 13. The lowest BCUT2D eigenvalue weighted by Gasteiger charge is -2.30. The number of thioether (sulfide) groups is 1. The van der Waals surface area contributed by atoms with Gasteiger partial charge in [0.1, 0.15) is 29.5 Å². The first-order valence-corrected chi connectivity index (χ1v) is 20.5. The van der Waals surface area contributed by atoms with Crippen LogP contribution in [0.4, 0.5) is 14.0 Å². The van der Waals surface area contributed by atoms with Crippen molar-refractivity contribution in [2.45, 2.75) is 75.6 Å². The Balaban J connectivity index is 1.15. The molecular weight excluding hydrogens is 768 g/mol. The Morgan fingerprint density at radius 2 is 1.38 bits per heavy atom. The van der Waals surface area contributed by atoms with Crippen molar-refractivity contribution in [3.63, 3.8) is 0 Å². The summed E-state index contributed by atoms with van der Waals surface area (Å²) in [5.74, 6) is 0.150. The van der Waals surface area contributed by atoms with Crippen molar-refractivity contribution in [2.75, 3.05) is 40.7 Å². The van der Waals surface area contributed by atoms with Crippen molar-refractivity contribution in [3.8, 4) is 33.6 Å². The van der Waals surface area contributed by atoms with Gasteiger partial charge in [-0.3, -0.25) is 9.59 Å². The van der Waals surface area contributed by atoms with Crippen LogP contribution in [0, 0.1) is 11.7 Å². The number of H-pyrrole nitrogens is 2. The number of carbonyl (C=O) groups excluding carboxylic acids is 4. The van der Waals surface area contributed by atoms with E-state index in [1.165, 1.54) is 27.4 Å². The molecule has 2 aromatic carbocycles. The number of imidazole rings is 2. The lowest BCUT2D eigenvalue weighted by molar-refractivity contribution is -0.137. The molecule has 0 saturated carbocycles. The summed E-state index contributed by atoms with van der Waals surface area (Å²) in [6, 6.07) is 10.1. The number of aromatic amines is 2. The fourth-order valence-electron chi connectivity index (χ4n) is 7.60. The molecule has 0 bridgehead atoms. The highest BCUT2D eigenvalue weighted by molar-refractivity contribution is 7.99. The molecule has 1 unspecified atom stereocenters. The van der Waals surface area contributed by atoms with E-state index < -0.39 is 36.2 Å². The van der Waals surface area contributed by atoms with E-state index in [4.69, 9.17) is 14.2 Å². The van der Waals surface area contributed by atoms with Crippen LogP contribution >= 0.6 is 11.8 Å². The summed E-state index contributed by atoms with van der Waals surface area (Å²) < 4.78 is 30.7. The molecule has 6 atom stereocenters. The van der Waals surface area contributed by atoms with Crippen LogP contribution in [-0.2, 0) is 23.8 Å². The Bertz CT molecular complexity index is 2090. The van der Waals surface area contributed by atoms with Crippen LogP contribution in [0.1, 0.15) is 63.8 Å². The SMILES string of the molecule is COC(=O)N[C@H](C(=O)N1C[C@@H](SC)C[C@H]1c1ncc(-c2ccc(-c3ccc(-c4cnc([C@@H]5CCCN5C(=O)[C@@H](NC(=O)OC)C(C)OC)[nH]4)cc3)c(F)c2)[nH]1)C(C)C. The molecule has 2 aliphatic heterocycles. The lowest BCUT2D eigenvalue weighted by Crippen LogP contribution is -2.54. The minimum atomic E-state index is -0.929. The highest BCUT2D eigenvalue weighted by Crippen LogP contribution is 2.38. The van der Waals surface area contributed by atoms with Crippen LogP contribution in [0.2, 0.25) is 0 Å². The van der Waals surface area contributed by atoms with Crippen molar-refractivity contribution < 1.29 is 37.8 Å². The molecule has 2 aromatic heterocycles. The van der Waals surface area contributed by atoms with Crippen LogP contribution in [0.5, 0.6) is 0 Å². The van der Waals surface area contributed by atoms with E-state index in [-0.39, 0.29) is 35.1 Å². The number of likely N-dealkylation sites (tertiary alicyclic amines) is 2. The maximum atomic E-state index is 15.8. The van der Waals surface area contributed by atoms with Gasteiger partial charge in [0.15, 0.2) is 0 Å². The molecule has 0 radical (unpaired) electrons. The number of nitrogens with zero attached hydrogens (tertiary/aromatic N) is 4. The monoisotopic (exact) mass is 818 g/mol. The van der Waals surface area contributed by atoms with Crippen LogP contribution in [0.15, 0.2) is 54.9 Å². The molecule has 4 N–H and O–H groups in total. The van der Waals surface area contributed by atoms with Gasteiger partial charge in [-0.25, -0.2) is 23.9 Å². The van der Waals surface area contributed by atoms with E-state index in [9.17, 15) is 19.2 Å². The largest absolute Gasteiger partial charge is 0.453 e. The molecule has 6 rings (SSSR count). The Hall–Kier alpha value is -5.42. The maximum absolute atomic E-state index is 15.8. The summed E-state index contributed by atoms with van der Waals surface area (Å²) in [6.45, 7) is 6.46. The third-order valence-corrected chi connectivity index (χ3v) is 12.0. The standard InChI is InChI=1S/C41H51FN8O7S/c1-22(2)34(47-40(53)56-5)38(51)50-21-27(58-7)18-33(50)37-44-20-31(46-37)26-14-15-28(29(42)17-26)24-10-12-25(13-11-24)30-19-43-36(45-30)32-9-8-16-49(32)39(52)35(23(3)55-4)48-41(54)57-6/h10-15,17,19-20,22-23,27,32-35H,8-9,16,18,21H2,1-7H3,(H,43,45)(H,44,46)(H,47,53)(H,48,54)/t23?,27-,32-,33-,34-,35-/m0/s1. The van der Waals surface area contributed by atoms with Crippen LogP contribution in [0.25, 0.3) is 33.6 Å². The van der Waals surface area contributed by atoms with Crippen LogP contribution in [0.3, 0.4) is 0 Å². The number of benzene rings is 2. The number of nitrogens with one attached hydrogen (secondary N) is 4. The maximum Gasteiger partial charge on any atom is 0.407 e. The molecular formula is C41H51FN8O7S.